The van der Waals surface area contributed by atoms with Crippen LogP contribution in [0.3, 0.4) is 0 Å². The molecule has 0 radical (unpaired) electrons. The smallest absolute Gasteiger partial charge is 0.303 e. The lowest BCUT2D eigenvalue weighted by Crippen LogP contribution is -2.25. The van der Waals surface area contributed by atoms with E-state index in [1.165, 1.54) is 19.9 Å². The van der Waals surface area contributed by atoms with E-state index in [4.69, 9.17) is 28.1 Å². The summed E-state index contributed by atoms with van der Waals surface area (Å²) < 4.78 is 32.8. The van der Waals surface area contributed by atoms with Gasteiger partial charge < -0.3 is 33.2 Å². The first kappa shape index (κ1) is 25.8. The fourth-order valence-electron chi connectivity index (χ4n) is 3.65. The van der Waals surface area contributed by atoms with Gasteiger partial charge in [-0.05, 0) is 30.3 Å². The zero-order chi connectivity index (χ0) is 26.4. The minimum absolute atomic E-state index is 0.0515. The van der Waals surface area contributed by atoms with Gasteiger partial charge in [-0.15, -0.1) is 0 Å². The highest BCUT2D eigenvalue weighted by Crippen LogP contribution is 2.34. The van der Waals surface area contributed by atoms with Crippen LogP contribution in [-0.2, 0) is 32.1 Å². The maximum absolute atomic E-state index is 12.6. The van der Waals surface area contributed by atoms with Gasteiger partial charge in [0.2, 0.25) is 0 Å². The second-order valence-electron chi connectivity index (χ2n) is 8.25. The largest absolute Gasteiger partial charge is 0.490 e. The molecule has 1 N–H and O–H groups in total. The molecule has 10 nitrogen and oxygen atoms in total. The predicted molar refractivity (Wildman–Crippen MR) is 130 cm³/mol. The molecule has 1 aliphatic heterocycles. The molecule has 0 saturated carbocycles. The zero-order valence-corrected chi connectivity index (χ0v) is 20.4. The van der Waals surface area contributed by atoms with Crippen LogP contribution in [0.25, 0.3) is 11.0 Å². The fraction of sp³-hybridized carbons (Fsp3) is 0.296. The molecule has 0 fully saturated rings. The topological polar surface area (TPSA) is 131 Å². The molecule has 0 aliphatic carbocycles. The van der Waals surface area contributed by atoms with Crippen molar-refractivity contribution in [1.29, 1.82) is 0 Å². The maximum Gasteiger partial charge on any atom is 0.303 e. The number of esters is 2. The Morgan fingerprint density at radius 2 is 1.65 bits per heavy atom. The number of fused-ring (bicyclic) bond motifs is 2. The van der Waals surface area contributed by atoms with Crippen LogP contribution < -0.4 is 19.6 Å². The highest BCUT2D eigenvalue weighted by molar-refractivity contribution is 5.83. The quantitative estimate of drug-likeness (QED) is 0.406. The van der Waals surface area contributed by atoms with E-state index in [0.717, 1.165) is 5.56 Å². The van der Waals surface area contributed by atoms with Crippen molar-refractivity contribution in [3.8, 4) is 17.2 Å². The van der Waals surface area contributed by atoms with Crippen LogP contribution in [0.4, 0.5) is 0 Å². The summed E-state index contributed by atoms with van der Waals surface area (Å²) in [7, 11) is 0. The minimum atomic E-state index is -0.999. The molecule has 10 heteroatoms. The zero-order valence-electron chi connectivity index (χ0n) is 20.4. The van der Waals surface area contributed by atoms with Gasteiger partial charge in [0.1, 0.15) is 72.3 Å². The molecular formula is C27H26O10. The summed E-state index contributed by atoms with van der Waals surface area (Å²) in [6, 6.07) is 11.4. The number of ether oxygens (including phenoxy) is 5. The number of allylic oxidation sites excluding steroid dienone is 1. The van der Waals surface area contributed by atoms with Gasteiger partial charge in [0, 0.05) is 31.9 Å². The molecule has 3 aromatic rings. The van der Waals surface area contributed by atoms with Gasteiger partial charge >= 0.3 is 11.9 Å². The average Bonchev–Trinajstić information content (AvgIpc) is 2.87. The van der Waals surface area contributed by atoms with Gasteiger partial charge in [-0.25, -0.2) is 0 Å². The minimum Gasteiger partial charge on any atom is -0.490 e. The van der Waals surface area contributed by atoms with Gasteiger partial charge in [-0.3, -0.25) is 14.4 Å². The van der Waals surface area contributed by atoms with E-state index in [0.29, 0.717) is 23.7 Å². The first-order valence-electron chi connectivity index (χ1n) is 11.5. The Hall–Kier alpha value is -4.31. The van der Waals surface area contributed by atoms with Crippen LogP contribution in [-0.4, -0.2) is 43.0 Å². The van der Waals surface area contributed by atoms with Crippen molar-refractivity contribution >= 4 is 22.9 Å². The summed E-state index contributed by atoms with van der Waals surface area (Å²) in [5, 5.41) is 10.7. The van der Waals surface area contributed by atoms with Crippen molar-refractivity contribution in [3.63, 3.8) is 0 Å². The lowest BCUT2D eigenvalue weighted by atomic mass is 10.1. The Morgan fingerprint density at radius 3 is 2.41 bits per heavy atom. The summed E-state index contributed by atoms with van der Waals surface area (Å²) in [6.07, 6.45) is 1.32. The molecule has 1 atom stereocenters. The first-order valence-corrected chi connectivity index (χ1v) is 11.5. The second kappa shape index (κ2) is 11.6. The number of carbonyl (C=O) groups excluding carboxylic acids is 2. The van der Waals surface area contributed by atoms with Crippen molar-refractivity contribution in [2.45, 2.75) is 33.0 Å². The third-order valence-corrected chi connectivity index (χ3v) is 5.33. The number of hydrogen-bond acceptors (Lipinski definition) is 10. The summed E-state index contributed by atoms with van der Waals surface area (Å²) >= 11 is 0. The number of aliphatic hydroxyl groups is 1. The Bertz CT molecular complexity index is 1390. The maximum atomic E-state index is 12.6. The molecule has 1 aromatic heterocycles. The molecule has 194 valence electrons. The molecule has 0 spiro atoms. The predicted octanol–water partition coefficient (Wildman–Crippen LogP) is 3.06. The van der Waals surface area contributed by atoms with E-state index >= 15 is 0 Å². The second-order valence-corrected chi connectivity index (χ2v) is 8.25. The number of hydrogen-bond donors (Lipinski definition) is 1. The van der Waals surface area contributed by atoms with Crippen molar-refractivity contribution < 1.29 is 42.8 Å². The lowest BCUT2D eigenvalue weighted by Gasteiger charge is -2.21. The van der Waals surface area contributed by atoms with Gasteiger partial charge in [0.25, 0.3) is 0 Å². The molecule has 2 aromatic carbocycles. The van der Waals surface area contributed by atoms with Crippen LogP contribution in [0.5, 0.6) is 17.2 Å². The fourth-order valence-corrected chi connectivity index (χ4v) is 3.65. The van der Waals surface area contributed by atoms with Crippen LogP contribution in [0.15, 0.2) is 63.5 Å². The molecule has 2 heterocycles. The van der Waals surface area contributed by atoms with Gasteiger partial charge in [-0.1, -0.05) is 12.1 Å². The van der Waals surface area contributed by atoms with Crippen molar-refractivity contribution in [2.24, 2.45) is 0 Å². The van der Waals surface area contributed by atoms with Gasteiger partial charge in [-0.2, -0.15) is 0 Å². The normalized spacial score (nSPS) is 13.1. The standard InChI is InChI=1S/C27H26O10/c1-16(28)32-14-19-9-10-21-23(5-3-6-24(21)36-19)34-12-18(30)13-35-25-7-4-8-26-27(25)22(31)11-20(37-26)15-33-17(2)29/h3-9,11,18,30H,10,12-15H2,1-2H3. The monoisotopic (exact) mass is 510 g/mol. The van der Waals surface area contributed by atoms with Crippen molar-refractivity contribution in [3.05, 3.63) is 75.8 Å². The summed E-state index contributed by atoms with van der Waals surface area (Å²) in [5.41, 5.74) is 0.718. The third-order valence-electron chi connectivity index (χ3n) is 5.33. The van der Waals surface area contributed by atoms with Crippen LogP contribution >= 0.6 is 0 Å². The van der Waals surface area contributed by atoms with Gasteiger partial charge in [0.15, 0.2) is 5.43 Å². The molecule has 0 bridgehead atoms. The van der Waals surface area contributed by atoms with Crippen LogP contribution in [0.1, 0.15) is 25.2 Å². The molecule has 1 unspecified atom stereocenters. The molecule has 1 aliphatic rings. The third kappa shape index (κ3) is 6.68. The van der Waals surface area contributed by atoms with Crippen molar-refractivity contribution in [2.75, 3.05) is 19.8 Å². The first-order chi connectivity index (χ1) is 17.8. The number of rotatable bonds is 10. The Kier molecular flexibility index (Phi) is 8.09. The number of carbonyl (C=O) groups is 2. The molecule has 37 heavy (non-hydrogen) atoms. The Morgan fingerprint density at radius 1 is 0.973 bits per heavy atom. The number of benzene rings is 2. The van der Waals surface area contributed by atoms with E-state index in [2.05, 4.69) is 0 Å². The molecular weight excluding hydrogens is 484 g/mol. The van der Waals surface area contributed by atoms with Crippen molar-refractivity contribution in [1.82, 2.24) is 0 Å². The van der Waals surface area contributed by atoms with E-state index in [9.17, 15) is 19.5 Å². The highest BCUT2D eigenvalue weighted by Gasteiger charge is 2.19. The summed E-state index contributed by atoms with van der Waals surface area (Å²) in [6.45, 7) is 2.30. The molecule has 4 rings (SSSR count). The average molecular weight is 510 g/mol. The van der Waals surface area contributed by atoms with E-state index in [1.807, 2.05) is 0 Å². The summed E-state index contributed by atoms with van der Waals surface area (Å²) in [4.78, 5) is 34.7. The SMILES string of the molecule is CC(=O)OCC1=CCc2c(OCC(O)COc3cccc4oc(COC(C)=O)cc(=O)c34)cccc2O1. The Balaban J connectivity index is 1.36. The van der Waals surface area contributed by atoms with E-state index in [1.54, 1.807) is 42.5 Å². The molecule has 0 amide bonds. The summed E-state index contributed by atoms with van der Waals surface area (Å²) in [5.74, 6) is 1.25. The Labute approximate surface area is 212 Å². The van der Waals surface area contributed by atoms with E-state index < -0.39 is 18.0 Å². The number of aliphatic hydroxyl groups excluding tert-OH is 1. The molecule has 0 saturated heterocycles. The van der Waals surface area contributed by atoms with Crippen LogP contribution in [0, 0.1) is 0 Å². The lowest BCUT2D eigenvalue weighted by molar-refractivity contribution is -0.143. The highest BCUT2D eigenvalue weighted by atomic mass is 16.6. The van der Waals surface area contributed by atoms with E-state index in [-0.39, 0.29) is 54.3 Å². The van der Waals surface area contributed by atoms with Crippen LogP contribution in [0.2, 0.25) is 0 Å². The van der Waals surface area contributed by atoms with Gasteiger partial charge in [0.05, 0.1) is 0 Å².